The van der Waals surface area contributed by atoms with Gasteiger partial charge in [-0.2, -0.15) is 0 Å². The van der Waals surface area contributed by atoms with Gasteiger partial charge >= 0.3 is 5.97 Å². The molecule has 0 spiro atoms. The first-order chi connectivity index (χ1) is 23.9. The van der Waals surface area contributed by atoms with Crippen molar-refractivity contribution in [2.75, 3.05) is 0 Å². The zero-order valence-corrected chi connectivity index (χ0v) is 30.3. The van der Waals surface area contributed by atoms with Crippen LogP contribution in [0.5, 0.6) is 0 Å². The Labute approximate surface area is 298 Å². The Kier molecular flexibility index (Phi) is 32.8. The lowest BCUT2D eigenvalue weighted by Gasteiger charge is -1.99. The van der Waals surface area contributed by atoms with E-state index in [1.54, 1.807) is 6.08 Å². The lowest BCUT2D eigenvalue weighted by molar-refractivity contribution is -0.140. The normalized spacial score (nSPS) is 18.2. The number of esters is 1. The van der Waals surface area contributed by atoms with Crippen molar-refractivity contribution in [2.24, 2.45) is 0 Å². The van der Waals surface area contributed by atoms with Gasteiger partial charge in [-0.05, 0) is 70.3 Å². The predicted molar refractivity (Wildman–Crippen MR) is 210 cm³/mol. The molecule has 270 valence electrons. The minimum Gasteiger partial charge on any atom is -0.458 e. The van der Waals surface area contributed by atoms with Crippen molar-refractivity contribution >= 4 is 5.97 Å². The number of ether oxygens (including phenoxy) is 1. The first-order valence-electron chi connectivity index (χ1n) is 18.1. The van der Waals surface area contributed by atoms with Gasteiger partial charge in [-0.25, -0.2) is 0 Å². The molecule has 0 amide bonds. The molecule has 5 heteroatoms. The van der Waals surface area contributed by atoms with Crippen molar-refractivity contribution in [1.29, 1.82) is 0 Å². The first-order valence-corrected chi connectivity index (χ1v) is 18.1. The number of rotatable bonds is 24. The van der Waals surface area contributed by atoms with Crippen LogP contribution in [0.25, 0.3) is 0 Å². The Balaban J connectivity index is 0.000000942. The van der Waals surface area contributed by atoms with Gasteiger partial charge in [0.2, 0.25) is 0 Å². The maximum atomic E-state index is 10.9. The van der Waals surface area contributed by atoms with E-state index < -0.39 is 12.2 Å². The SMILES string of the molecule is CC/C=C\C[C@H](O)/C=C/C=C\C/C=C\C/C=C\C=C\C(O)CCC.CC/C=C\C[C@H](O)/C=C/C=C\C/C=C\C/C=C\C=C\C1CCC(=O)O1. The van der Waals surface area contributed by atoms with Gasteiger partial charge in [-0.3, -0.25) is 4.79 Å². The van der Waals surface area contributed by atoms with Crippen molar-refractivity contribution in [3.05, 3.63) is 146 Å². The number of hydrogen-bond donors (Lipinski definition) is 3. The highest BCUT2D eigenvalue weighted by Crippen LogP contribution is 2.14. The maximum Gasteiger partial charge on any atom is 0.306 e. The summed E-state index contributed by atoms with van der Waals surface area (Å²) in [5, 5.41) is 28.9. The molecule has 1 aliphatic heterocycles. The molecule has 1 fully saturated rings. The van der Waals surface area contributed by atoms with Gasteiger partial charge in [0.05, 0.1) is 18.3 Å². The molecule has 1 aliphatic rings. The van der Waals surface area contributed by atoms with Crippen LogP contribution in [0.3, 0.4) is 0 Å². The number of aliphatic hydroxyl groups excluding tert-OH is 3. The van der Waals surface area contributed by atoms with Crippen molar-refractivity contribution in [3.8, 4) is 0 Å². The quantitative estimate of drug-likeness (QED) is 0.0540. The minimum absolute atomic E-state index is 0.0490. The molecule has 0 bridgehead atoms. The number of hydrogen-bond acceptors (Lipinski definition) is 5. The summed E-state index contributed by atoms with van der Waals surface area (Å²) in [7, 11) is 0. The summed E-state index contributed by atoms with van der Waals surface area (Å²) < 4.78 is 5.09. The molecule has 1 saturated heterocycles. The fourth-order valence-electron chi connectivity index (χ4n) is 4.13. The molecular formula is C44H64O5. The van der Waals surface area contributed by atoms with Crippen LogP contribution in [-0.2, 0) is 9.53 Å². The van der Waals surface area contributed by atoms with Crippen LogP contribution >= 0.6 is 0 Å². The van der Waals surface area contributed by atoms with Gasteiger partial charge in [0.15, 0.2) is 0 Å². The molecule has 3 N–H and O–H groups in total. The van der Waals surface area contributed by atoms with Gasteiger partial charge in [0.1, 0.15) is 6.10 Å². The highest BCUT2D eigenvalue weighted by Gasteiger charge is 2.19. The minimum atomic E-state index is -0.408. The van der Waals surface area contributed by atoms with E-state index >= 15 is 0 Å². The van der Waals surface area contributed by atoms with Crippen LogP contribution in [0, 0.1) is 0 Å². The monoisotopic (exact) mass is 672 g/mol. The molecule has 4 atom stereocenters. The Morgan fingerprint density at radius 2 is 1.00 bits per heavy atom. The lowest BCUT2D eigenvalue weighted by atomic mass is 10.2. The third-order valence-corrected chi connectivity index (χ3v) is 6.80. The Bertz CT molecular complexity index is 1160. The molecule has 0 aromatic heterocycles. The number of allylic oxidation sites excluding steroid dienone is 18. The van der Waals surface area contributed by atoms with Crippen LogP contribution < -0.4 is 0 Å². The molecule has 0 saturated carbocycles. The van der Waals surface area contributed by atoms with E-state index in [4.69, 9.17) is 4.74 Å². The maximum absolute atomic E-state index is 10.9. The first kappa shape index (κ1) is 45.2. The van der Waals surface area contributed by atoms with Crippen LogP contribution in [-0.4, -0.2) is 45.7 Å². The fourth-order valence-corrected chi connectivity index (χ4v) is 4.13. The third kappa shape index (κ3) is 33.9. The zero-order chi connectivity index (χ0) is 36.0. The summed E-state index contributed by atoms with van der Waals surface area (Å²) in [5.74, 6) is -0.104. The summed E-state index contributed by atoms with van der Waals surface area (Å²) >= 11 is 0. The van der Waals surface area contributed by atoms with Gasteiger partial charge in [0.25, 0.3) is 0 Å². The van der Waals surface area contributed by atoms with Crippen molar-refractivity contribution < 1.29 is 24.9 Å². The summed E-state index contributed by atoms with van der Waals surface area (Å²) in [6, 6.07) is 0. The van der Waals surface area contributed by atoms with E-state index in [0.717, 1.165) is 57.8 Å². The molecule has 49 heavy (non-hydrogen) atoms. The van der Waals surface area contributed by atoms with E-state index in [-0.39, 0.29) is 18.2 Å². The van der Waals surface area contributed by atoms with Gasteiger partial charge < -0.3 is 20.1 Å². The standard InChI is InChI=1S/C22H30O3.C22H34O2/c1-2-3-12-15-20(23)16-13-10-8-6-4-5-7-9-11-14-17-21-18-19-22(24)25-21;1-3-5-14-18-22(24)20-16-13-11-9-7-6-8-10-12-15-19-21(23)17-4-2/h3-5,8-14,16-17,20-21,23H,2,6-7,15,18-19H2,1H3;5-7,10-16,19-24H,3-4,8-9,17-18H2,1-2H3/b5-4-,10-8-,11-9-,12-3-,16-13+,17-14+;7-6-,12-10-,13-11-,14-5-,19-15+,20-16+/t20-,21?;21?,22-/m00/s1. The average Bonchev–Trinajstić information content (AvgIpc) is 3.51. The smallest absolute Gasteiger partial charge is 0.306 e. The van der Waals surface area contributed by atoms with Crippen LogP contribution in [0.4, 0.5) is 0 Å². The van der Waals surface area contributed by atoms with E-state index in [9.17, 15) is 20.1 Å². The molecule has 0 aliphatic carbocycles. The van der Waals surface area contributed by atoms with Gasteiger partial charge in [-0.15, -0.1) is 0 Å². The topological polar surface area (TPSA) is 87.0 Å². The summed E-state index contributed by atoms with van der Waals surface area (Å²) in [5.41, 5.74) is 0. The second kappa shape index (κ2) is 35.5. The largest absolute Gasteiger partial charge is 0.458 e. The second-order valence-corrected chi connectivity index (χ2v) is 11.4. The van der Waals surface area contributed by atoms with Gasteiger partial charge in [-0.1, -0.05) is 167 Å². The average molecular weight is 673 g/mol. The summed E-state index contributed by atoms with van der Waals surface area (Å²) in [4.78, 5) is 10.9. The lowest BCUT2D eigenvalue weighted by Crippen LogP contribution is -2.01. The van der Waals surface area contributed by atoms with Crippen LogP contribution in [0.2, 0.25) is 0 Å². The second-order valence-electron chi connectivity index (χ2n) is 11.4. The van der Waals surface area contributed by atoms with Crippen molar-refractivity contribution in [2.45, 2.75) is 122 Å². The Hall–Kier alpha value is -3.77. The molecule has 0 aromatic rings. The molecule has 1 heterocycles. The van der Waals surface area contributed by atoms with Gasteiger partial charge in [0, 0.05) is 6.42 Å². The predicted octanol–water partition coefficient (Wildman–Crippen LogP) is 10.4. The van der Waals surface area contributed by atoms with E-state index in [1.807, 2.05) is 79.0 Å². The van der Waals surface area contributed by atoms with E-state index in [0.29, 0.717) is 19.3 Å². The van der Waals surface area contributed by atoms with E-state index in [1.165, 1.54) is 0 Å². The Morgan fingerprint density at radius 3 is 1.39 bits per heavy atom. The molecular weight excluding hydrogens is 608 g/mol. The number of carbonyl (C=O) groups excluding carboxylic acids is 1. The summed E-state index contributed by atoms with van der Waals surface area (Å²) in [6.45, 7) is 6.23. The van der Waals surface area contributed by atoms with Crippen molar-refractivity contribution in [1.82, 2.24) is 0 Å². The highest BCUT2D eigenvalue weighted by atomic mass is 16.5. The van der Waals surface area contributed by atoms with E-state index in [2.05, 4.69) is 81.5 Å². The fraction of sp³-hybridized carbons (Fsp3) is 0.432. The Morgan fingerprint density at radius 1 is 0.571 bits per heavy atom. The molecule has 2 unspecified atom stereocenters. The highest BCUT2D eigenvalue weighted by molar-refractivity contribution is 5.71. The zero-order valence-electron chi connectivity index (χ0n) is 30.3. The number of aliphatic hydroxyl groups is 3. The van der Waals surface area contributed by atoms with Crippen LogP contribution in [0.1, 0.15) is 97.8 Å². The molecule has 0 radical (unpaired) electrons. The number of carbonyl (C=O) groups is 1. The molecule has 0 aromatic carbocycles. The third-order valence-electron chi connectivity index (χ3n) is 6.80. The summed E-state index contributed by atoms with van der Waals surface area (Å²) in [6.07, 6.45) is 56.5. The van der Waals surface area contributed by atoms with Crippen molar-refractivity contribution in [3.63, 3.8) is 0 Å². The van der Waals surface area contributed by atoms with Crippen LogP contribution in [0.15, 0.2) is 146 Å². The molecule has 5 nitrogen and oxygen atoms in total. The molecule has 1 rings (SSSR count). The number of cyclic esters (lactones) is 1.